The lowest BCUT2D eigenvalue weighted by Gasteiger charge is -2.26. The molecule has 0 atom stereocenters. The van der Waals surface area contributed by atoms with Crippen LogP contribution in [0.25, 0.3) is 0 Å². The molecule has 0 unspecified atom stereocenters. The summed E-state index contributed by atoms with van der Waals surface area (Å²) >= 11 is 0. The van der Waals surface area contributed by atoms with Crippen LogP contribution in [0.2, 0.25) is 0 Å². The molecule has 2 rings (SSSR count). The van der Waals surface area contributed by atoms with Crippen molar-refractivity contribution in [2.75, 3.05) is 0 Å². The van der Waals surface area contributed by atoms with Gasteiger partial charge in [0.25, 0.3) is 5.91 Å². The minimum atomic E-state index is -0.0818. The Morgan fingerprint density at radius 2 is 1.68 bits per heavy atom. The molecule has 0 saturated heterocycles. The third kappa shape index (κ3) is 3.91. The van der Waals surface area contributed by atoms with E-state index >= 15 is 0 Å². The van der Waals surface area contributed by atoms with E-state index in [-0.39, 0.29) is 11.9 Å². The van der Waals surface area contributed by atoms with Crippen molar-refractivity contribution in [2.24, 2.45) is 0 Å². The molecule has 1 aromatic carbocycles. The third-order valence-electron chi connectivity index (χ3n) is 3.58. The molecule has 0 N–H and O–H groups in total. The van der Waals surface area contributed by atoms with Gasteiger partial charge in [-0.1, -0.05) is 44.2 Å². The number of hydrogen-bond acceptors (Lipinski definition) is 3. The third-order valence-corrected chi connectivity index (χ3v) is 3.58. The maximum absolute atomic E-state index is 12.7. The Morgan fingerprint density at radius 1 is 1.00 bits per heavy atom. The Bertz CT molecular complexity index is 606. The second-order valence-corrected chi connectivity index (χ2v) is 6.01. The summed E-state index contributed by atoms with van der Waals surface area (Å²) in [6.45, 7) is 8.71. The quantitative estimate of drug-likeness (QED) is 0.846. The summed E-state index contributed by atoms with van der Waals surface area (Å²) in [6.07, 6.45) is 0. The van der Waals surface area contributed by atoms with E-state index in [1.807, 2.05) is 55.1 Å². The molecule has 4 heteroatoms. The van der Waals surface area contributed by atoms with Crippen LogP contribution < -0.4 is 0 Å². The van der Waals surface area contributed by atoms with Crippen molar-refractivity contribution >= 4 is 5.91 Å². The second-order valence-electron chi connectivity index (χ2n) is 6.01. The highest BCUT2D eigenvalue weighted by Crippen LogP contribution is 2.14. The van der Waals surface area contributed by atoms with Crippen LogP contribution in [0.15, 0.2) is 42.5 Å². The first-order valence-corrected chi connectivity index (χ1v) is 7.67. The molecule has 0 aliphatic rings. The zero-order valence-electron chi connectivity index (χ0n) is 13.7. The predicted octanol–water partition coefficient (Wildman–Crippen LogP) is 3.65. The molecule has 4 nitrogen and oxygen atoms in total. The number of aromatic nitrogens is 2. The van der Waals surface area contributed by atoms with E-state index in [2.05, 4.69) is 24.0 Å². The Balaban J connectivity index is 2.19. The summed E-state index contributed by atoms with van der Waals surface area (Å²) in [5.74, 6) is 0.226. The first-order chi connectivity index (χ1) is 10.5. The Hall–Kier alpha value is -2.23. The summed E-state index contributed by atoms with van der Waals surface area (Å²) in [4.78, 5) is 14.5. The Kier molecular flexibility index (Phi) is 5.26. The minimum Gasteiger partial charge on any atom is -0.331 e. The molecule has 0 fully saturated rings. The molecule has 1 aromatic heterocycles. The predicted molar refractivity (Wildman–Crippen MR) is 87.6 cm³/mol. The number of amides is 1. The molecule has 0 bridgehead atoms. The van der Waals surface area contributed by atoms with Crippen LogP contribution in [-0.4, -0.2) is 27.0 Å². The standard InChI is InChI=1S/C18H23N3O/c1-13(2)16-10-11-17(20-19-16)18(22)21(14(3)4)12-15-8-6-5-7-9-15/h5-11,13-14H,12H2,1-4H3. The average molecular weight is 297 g/mol. The fourth-order valence-electron chi connectivity index (χ4n) is 2.18. The Labute approximate surface area is 132 Å². The first kappa shape index (κ1) is 16.1. The van der Waals surface area contributed by atoms with Crippen molar-refractivity contribution in [3.8, 4) is 0 Å². The van der Waals surface area contributed by atoms with E-state index in [4.69, 9.17) is 0 Å². The van der Waals surface area contributed by atoms with E-state index in [0.717, 1.165) is 11.3 Å². The van der Waals surface area contributed by atoms with E-state index < -0.39 is 0 Å². The first-order valence-electron chi connectivity index (χ1n) is 7.67. The fourth-order valence-corrected chi connectivity index (χ4v) is 2.18. The zero-order chi connectivity index (χ0) is 16.1. The molecular weight excluding hydrogens is 274 g/mol. The summed E-state index contributed by atoms with van der Waals surface area (Å²) < 4.78 is 0. The highest BCUT2D eigenvalue weighted by Gasteiger charge is 2.20. The summed E-state index contributed by atoms with van der Waals surface area (Å²) in [7, 11) is 0. The average Bonchev–Trinajstić information content (AvgIpc) is 2.53. The highest BCUT2D eigenvalue weighted by atomic mass is 16.2. The van der Waals surface area contributed by atoms with E-state index in [0.29, 0.717) is 18.2 Å². The second kappa shape index (κ2) is 7.16. The van der Waals surface area contributed by atoms with Crippen LogP contribution >= 0.6 is 0 Å². The molecule has 0 aliphatic carbocycles. The van der Waals surface area contributed by atoms with Crippen molar-refractivity contribution in [2.45, 2.75) is 46.2 Å². The summed E-state index contributed by atoms with van der Waals surface area (Å²) in [5, 5.41) is 8.25. The van der Waals surface area contributed by atoms with Crippen molar-refractivity contribution < 1.29 is 4.79 Å². The van der Waals surface area contributed by atoms with Gasteiger partial charge in [-0.25, -0.2) is 0 Å². The van der Waals surface area contributed by atoms with Gasteiger partial charge in [0, 0.05) is 12.6 Å². The van der Waals surface area contributed by atoms with Crippen LogP contribution in [0, 0.1) is 0 Å². The molecule has 116 valence electrons. The molecule has 1 heterocycles. The van der Waals surface area contributed by atoms with Gasteiger partial charge in [0.1, 0.15) is 0 Å². The number of hydrogen-bond donors (Lipinski definition) is 0. The maximum atomic E-state index is 12.7. The van der Waals surface area contributed by atoms with Crippen molar-refractivity contribution in [3.05, 3.63) is 59.4 Å². The SMILES string of the molecule is CC(C)c1ccc(C(=O)N(Cc2ccccc2)C(C)C)nn1. The van der Waals surface area contributed by atoms with Gasteiger partial charge in [-0.05, 0) is 37.5 Å². The smallest absolute Gasteiger partial charge is 0.274 e. The summed E-state index contributed by atoms with van der Waals surface area (Å²) in [6, 6.07) is 13.7. The van der Waals surface area contributed by atoms with Crippen LogP contribution in [0.4, 0.5) is 0 Å². The minimum absolute atomic E-state index is 0.0818. The molecule has 22 heavy (non-hydrogen) atoms. The van der Waals surface area contributed by atoms with E-state index in [9.17, 15) is 4.79 Å². The van der Waals surface area contributed by atoms with E-state index in [1.54, 1.807) is 6.07 Å². The molecule has 0 spiro atoms. The molecule has 1 amide bonds. The van der Waals surface area contributed by atoms with Gasteiger partial charge in [-0.15, -0.1) is 5.10 Å². The van der Waals surface area contributed by atoms with Gasteiger partial charge in [-0.3, -0.25) is 4.79 Å². The normalized spacial score (nSPS) is 11.0. The lowest BCUT2D eigenvalue weighted by molar-refractivity contribution is 0.0683. The number of benzene rings is 1. The number of carbonyl (C=O) groups excluding carboxylic acids is 1. The lowest BCUT2D eigenvalue weighted by atomic mass is 10.1. The van der Waals surface area contributed by atoms with Gasteiger partial charge >= 0.3 is 0 Å². The highest BCUT2D eigenvalue weighted by molar-refractivity contribution is 5.92. The van der Waals surface area contributed by atoms with Crippen LogP contribution in [-0.2, 0) is 6.54 Å². The largest absolute Gasteiger partial charge is 0.331 e. The molecule has 0 saturated carbocycles. The van der Waals surface area contributed by atoms with Crippen LogP contribution in [0.5, 0.6) is 0 Å². The maximum Gasteiger partial charge on any atom is 0.274 e. The summed E-state index contributed by atoms with van der Waals surface area (Å²) in [5.41, 5.74) is 2.40. The van der Waals surface area contributed by atoms with Gasteiger partial charge in [0.2, 0.25) is 0 Å². The number of carbonyl (C=O) groups is 1. The van der Waals surface area contributed by atoms with E-state index in [1.165, 1.54) is 0 Å². The van der Waals surface area contributed by atoms with Crippen molar-refractivity contribution in [3.63, 3.8) is 0 Å². The molecule has 2 aromatic rings. The number of nitrogens with zero attached hydrogens (tertiary/aromatic N) is 3. The van der Waals surface area contributed by atoms with Crippen LogP contribution in [0.1, 0.15) is 55.4 Å². The zero-order valence-corrected chi connectivity index (χ0v) is 13.7. The van der Waals surface area contributed by atoms with Gasteiger partial charge in [0.15, 0.2) is 5.69 Å². The lowest BCUT2D eigenvalue weighted by Crippen LogP contribution is -2.37. The van der Waals surface area contributed by atoms with Gasteiger partial charge in [-0.2, -0.15) is 5.10 Å². The van der Waals surface area contributed by atoms with Crippen molar-refractivity contribution in [1.29, 1.82) is 0 Å². The van der Waals surface area contributed by atoms with Crippen LogP contribution in [0.3, 0.4) is 0 Å². The monoisotopic (exact) mass is 297 g/mol. The number of rotatable bonds is 5. The Morgan fingerprint density at radius 3 is 2.18 bits per heavy atom. The molecule has 0 aliphatic heterocycles. The van der Waals surface area contributed by atoms with Gasteiger partial charge in [0.05, 0.1) is 5.69 Å². The topological polar surface area (TPSA) is 46.1 Å². The van der Waals surface area contributed by atoms with Gasteiger partial charge < -0.3 is 4.90 Å². The molecule has 0 radical (unpaired) electrons. The fraction of sp³-hybridized carbons (Fsp3) is 0.389. The molecular formula is C18H23N3O. The van der Waals surface area contributed by atoms with Crippen molar-refractivity contribution in [1.82, 2.24) is 15.1 Å².